The van der Waals surface area contributed by atoms with Gasteiger partial charge in [0.1, 0.15) is 12.1 Å². The van der Waals surface area contributed by atoms with E-state index < -0.39 is 0 Å². The van der Waals surface area contributed by atoms with Crippen LogP contribution >= 0.6 is 0 Å². The number of aromatic nitrogens is 5. The van der Waals surface area contributed by atoms with Crippen molar-refractivity contribution >= 4 is 11.5 Å². The van der Waals surface area contributed by atoms with Gasteiger partial charge in [-0.1, -0.05) is 0 Å². The van der Waals surface area contributed by atoms with Crippen LogP contribution in [0.25, 0.3) is 5.65 Å². The normalized spacial score (nSPS) is 11.1. The van der Waals surface area contributed by atoms with Crippen molar-refractivity contribution in [1.82, 2.24) is 24.4 Å². The first-order valence-electron chi connectivity index (χ1n) is 6.17. The lowest BCUT2D eigenvalue weighted by molar-refractivity contribution is 0.756. The van der Waals surface area contributed by atoms with Gasteiger partial charge in [-0.05, 0) is 31.5 Å². The molecule has 0 saturated carbocycles. The summed E-state index contributed by atoms with van der Waals surface area (Å²) in [4.78, 5) is 4.21. The molecule has 0 aliphatic heterocycles. The van der Waals surface area contributed by atoms with Gasteiger partial charge in [-0.3, -0.25) is 4.68 Å². The van der Waals surface area contributed by atoms with Gasteiger partial charge in [-0.2, -0.15) is 14.7 Å². The Morgan fingerprint density at radius 3 is 2.84 bits per heavy atom. The summed E-state index contributed by atoms with van der Waals surface area (Å²) < 4.78 is 3.63. The lowest BCUT2D eigenvalue weighted by Gasteiger charge is -2.08. The van der Waals surface area contributed by atoms with Gasteiger partial charge in [-0.25, -0.2) is 4.98 Å². The molecule has 0 bridgehead atoms. The molecule has 3 aromatic heterocycles. The molecule has 0 amide bonds. The first-order chi connectivity index (χ1) is 9.13. The molecule has 0 aromatic carbocycles. The topological polar surface area (TPSA) is 60.0 Å². The second kappa shape index (κ2) is 4.38. The van der Waals surface area contributed by atoms with E-state index in [0.717, 1.165) is 29.3 Å². The van der Waals surface area contributed by atoms with Gasteiger partial charge in [0.25, 0.3) is 0 Å². The Bertz CT molecular complexity index is 724. The highest BCUT2D eigenvalue weighted by Gasteiger charge is 2.06. The maximum Gasteiger partial charge on any atom is 0.157 e. The fourth-order valence-electron chi connectivity index (χ4n) is 2.19. The average molecular weight is 256 g/mol. The lowest BCUT2D eigenvalue weighted by atomic mass is 10.2. The van der Waals surface area contributed by atoms with Crippen molar-refractivity contribution in [2.24, 2.45) is 7.05 Å². The van der Waals surface area contributed by atoms with Crippen molar-refractivity contribution in [3.8, 4) is 0 Å². The SMILES string of the molecule is Cc1cc(NCc2cn(C)nc2C)n2ncnc2c1. The fraction of sp³-hybridized carbons (Fsp3) is 0.308. The van der Waals surface area contributed by atoms with Crippen LogP contribution in [-0.4, -0.2) is 24.4 Å². The maximum absolute atomic E-state index is 4.34. The van der Waals surface area contributed by atoms with E-state index in [9.17, 15) is 0 Å². The fourth-order valence-corrected chi connectivity index (χ4v) is 2.19. The van der Waals surface area contributed by atoms with Crippen LogP contribution in [-0.2, 0) is 13.6 Å². The molecule has 3 heterocycles. The molecule has 98 valence electrons. The second-order valence-electron chi connectivity index (χ2n) is 4.71. The predicted octanol–water partition coefficient (Wildman–Crippen LogP) is 1.69. The number of pyridine rings is 1. The molecule has 0 unspecified atom stereocenters. The number of fused-ring (bicyclic) bond motifs is 1. The molecule has 6 heteroatoms. The van der Waals surface area contributed by atoms with Crippen LogP contribution in [0.3, 0.4) is 0 Å². The first-order valence-corrected chi connectivity index (χ1v) is 6.17. The quantitative estimate of drug-likeness (QED) is 0.774. The zero-order valence-electron chi connectivity index (χ0n) is 11.3. The summed E-state index contributed by atoms with van der Waals surface area (Å²) in [5.41, 5.74) is 4.23. The van der Waals surface area contributed by atoms with E-state index in [0.29, 0.717) is 0 Å². The molecule has 6 nitrogen and oxygen atoms in total. The highest BCUT2D eigenvalue weighted by Crippen LogP contribution is 2.15. The summed E-state index contributed by atoms with van der Waals surface area (Å²) in [6.45, 7) is 4.78. The van der Waals surface area contributed by atoms with Crippen LogP contribution < -0.4 is 5.32 Å². The highest BCUT2D eigenvalue weighted by molar-refractivity contribution is 5.51. The van der Waals surface area contributed by atoms with Crippen molar-refractivity contribution in [3.05, 3.63) is 41.5 Å². The smallest absolute Gasteiger partial charge is 0.157 e. The van der Waals surface area contributed by atoms with E-state index >= 15 is 0 Å². The molecule has 3 aromatic rings. The van der Waals surface area contributed by atoms with Gasteiger partial charge in [0.2, 0.25) is 0 Å². The largest absolute Gasteiger partial charge is 0.366 e. The van der Waals surface area contributed by atoms with Gasteiger partial charge in [-0.15, -0.1) is 0 Å². The van der Waals surface area contributed by atoms with Gasteiger partial charge >= 0.3 is 0 Å². The van der Waals surface area contributed by atoms with Gasteiger partial charge in [0, 0.05) is 25.4 Å². The van der Waals surface area contributed by atoms with Crippen molar-refractivity contribution in [2.75, 3.05) is 5.32 Å². The molecule has 0 radical (unpaired) electrons. The molecule has 0 saturated heterocycles. The Morgan fingerprint density at radius 2 is 2.11 bits per heavy atom. The number of hydrogen-bond donors (Lipinski definition) is 1. The zero-order chi connectivity index (χ0) is 13.4. The van der Waals surface area contributed by atoms with Crippen molar-refractivity contribution in [1.29, 1.82) is 0 Å². The number of nitrogens with zero attached hydrogens (tertiary/aromatic N) is 5. The van der Waals surface area contributed by atoms with Crippen LogP contribution in [0.5, 0.6) is 0 Å². The number of hydrogen-bond acceptors (Lipinski definition) is 4. The number of aryl methyl sites for hydroxylation is 3. The standard InChI is InChI=1S/C13H16N6/c1-9-4-12(19-13(5-9)15-8-16-19)14-6-11-7-18(3)17-10(11)2/h4-5,7-8,14H,6H2,1-3H3. The molecule has 0 aliphatic carbocycles. The number of anilines is 1. The van der Waals surface area contributed by atoms with Crippen LogP contribution in [0.15, 0.2) is 24.7 Å². The zero-order valence-corrected chi connectivity index (χ0v) is 11.3. The number of rotatable bonds is 3. The van der Waals surface area contributed by atoms with E-state index in [1.165, 1.54) is 5.56 Å². The third kappa shape index (κ3) is 2.16. The first kappa shape index (κ1) is 11.7. The molecule has 0 fully saturated rings. The summed E-state index contributed by atoms with van der Waals surface area (Å²) >= 11 is 0. The van der Waals surface area contributed by atoms with Gasteiger partial charge < -0.3 is 5.32 Å². The maximum atomic E-state index is 4.34. The Kier molecular flexibility index (Phi) is 2.70. The van der Waals surface area contributed by atoms with E-state index in [2.05, 4.69) is 33.5 Å². The summed E-state index contributed by atoms with van der Waals surface area (Å²) in [5, 5.41) is 11.9. The van der Waals surface area contributed by atoms with E-state index in [-0.39, 0.29) is 0 Å². The van der Waals surface area contributed by atoms with Crippen LogP contribution in [0.1, 0.15) is 16.8 Å². The minimum atomic E-state index is 0.720. The highest BCUT2D eigenvalue weighted by atomic mass is 15.3. The Morgan fingerprint density at radius 1 is 1.26 bits per heavy atom. The van der Waals surface area contributed by atoms with Crippen molar-refractivity contribution in [2.45, 2.75) is 20.4 Å². The Hall–Kier alpha value is -2.37. The van der Waals surface area contributed by atoms with Gasteiger partial charge in [0.05, 0.1) is 5.69 Å². The molecule has 0 aliphatic rings. The summed E-state index contributed by atoms with van der Waals surface area (Å²) in [6, 6.07) is 4.07. The van der Waals surface area contributed by atoms with E-state index in [1.54, 1.807) is 10.8 Å². The van der Waals surface area contributed by atoms with Crippen LogP contribution in [0.4, 0.5) is 5.82 Å². The van der Waals surface area contributed by atoms with Crippen molar-refractivity contribution < 1.29 is 0 Å². The summed E-state index contributed by atoms with van der Waals surface area (Å²) in [5.74, 6) is 0.941. The minimum absolute atomic E-state index is 0.720. The summed E-state index contributed by atoms with van der Waals surface area (Å²) in [7, 11) is 1.93. The third-order valence-corrected chi connectivity index (χ3v) is 3.10. The van der Waals surface area contributed by atoms with Crippen molar-refractivity contribution in [3.63, 3.8) is 0 Å². The van der Waals surface area contributed by atoms with Gasteiger partial charge in [0.15, 0.2) is 5.65 Å². The molecule has 0 spiro atoms. The summed E-state index contributed by atoms with van der Waals surface area (Å²) in [6.07, 6.45) is 3.59. The monoisotopic (exact) mass is 256 g/mol. The minimum Gasteiger partial charge on any atom is -0.366 e. The second-order valence-corrected chi connectivity index (χ2v) is 4.71. The number of nitrogens with one attached hydrogen (secondary N) is 1. The average Bonchev–Trinajstić information content (AvgIpc) is 2.92. The van der Waals surface area contributed by atoms with E-state index in [4.69, 9.17) is 0 Å². The Labute approximate surface area is 111 Å². The molecule has 19 heavy (non-hydrogen) atoms. The molecule has 1 N–H and O–H groups in total. The molecular weight excluding hydrogens is 240 g/mol. The predicted molar refractivity (Wildman–Crippen MR) is 73.0 cm³/mol. The Balaban J connectivity index is 1.89. The van der Waals surface area contributed by atoms with Crippen LogP contribution in [0, 0.1) is 13.8 Å². The lowest BCUT2D eigenvalue weighted by Crippen LogP contribution is -2.06. The third-order valence-electron chi connectivity index (χ3n) is 3.10. The molecule has 0 atom stereocenters. The van der Waals surface area contributed by atoms with Crippen LogP contribution in [0.2, 0.25) is 0 Å². The van der Waals surface area contributed by atoms with E-state index in [1.807, 2.05) is 30.9 Å². The molecule has 3 rings (SSSR count). The molecular formula is C13H16N6.